The van der Waals surface area contributed by atoms with Gasteiger partial charge in [-0.25, -0.2) is 4.68 Å². The molecule has 2 N–H and O–H groups in total. The minimum Gasteiger partial charge on any atom is -0.394 e. The Morgan fingerprint density at radius 2 is 2.42 bits per heavy atom. The lowest BCUT2D eigenvalue weighted by molar-refractivity contribution is 0.108. The average Bonchev–Trinajstić information content (AvgIpc) is 2.86. The first kappa shape index (κ1) is 14.5. The summed E-state index contributed by atoms with van der Waals surface area (Å²) in [6.07, 6.45) is 4.88. The monoisotopic (exact) mass is 331 g/mol. The topological polar surface area (TPSA) is 76.4 Å². The third-order valence-electron chi connectivity index (χ3n) is 3.37. The lowest BCUT2D eigenvalue weighted by Gasteiger charge is -2.15. The molecule has 19 heavy (non-hydrogen) atoms. The molecule has 1 saturated carbocycles. The van der Waals surface area contributed by atoms with Crippen molar-refractivity contribution in [3.63, 3.8) is 0 Å². The quantitative estimate of drug-likeness (QED) is 0.841. The molecule has 2 atom stereocenters. The van der Waals surface area contributed by atoms with Crippen LogP contribution in [0.4, 0.5) is 5.69 Å². The highest BCUT2D eigenvalue weighted by molar-refractivity contribution is 9.10. The van der Waals surface area contributed by atoms with Gasteiger partial charge in [0.25, 0.3) is 5.56 Å². The number of aliphatic hydroxyl groups is 1. The average molecular weight is 332 g/mol. The minimum absolute atomic E-state index is 0.107. The Labute approximate surface area is 119 Å². The van der Waals surface area contributed by atoms with Gasteiger partial charge in [0.15, 0.2) is 0 Å². The van der Waals surface area contributed by atoms with Crippen molar-refractivity contribution in [1.29, 1.82) is 0 Å². The van der Waals surface area contributed by atoms with Crippen LogP contribution in [0.15, 0.2) is 15.5 Å². The Kier molecular flexibility index (Phi) is 4.95. The third kappa shape index (κ3) is 3.34. The highest BCUT2D eigenvalue weighted by Crippen LogP contribution is 2.26. The summed E-state index contributed by atoms with van der Waals surface area (Å²) in [4.78, 5) is 12.0. The van der Waals surface area contributed by atoms with Crippen molar-refractivity contribution < 1.29 is 9.84 Å². The molecule has 0 spiro atoms. The molecule has 0 radical (unpaired) electrons. The molecule has 0 bridgehead atoms. The number of anilines is 1. The number of nitrogens with zero attached hydrogens (tertiary/aromatic N) is 2. The van der Waals surface area contributed by atoms with Gasteiger partial charge < -0.3 is 15.2 Å². The van der Waals surface area contributed by atoms with Gasteiger partial charge in [0, 0.05) is 13.2 Å². The molecule has 7 heteroatoms. The number of methoxy groups -OCH3 is 1. The first-order chi connectivity index (χ1) is 9.15. The molecular weight excluding hydrogens is 314 g/mol. The Morgan fingerprint density at radius 3 is 3.05 bits per heavy atom. The molecule has 0 amide bonds. The maximum Gasteiger partial charge on any atom is 0.283 e. The fraction of sp³-hybridized carbons (Fsp3) is 0.667. The molecule has 1 aliphatic carbocycles. The van der Waals surface area contributed by atoms with Crippen LogP contribution < -0.4 is 10.9 Å². The predicted octanol–water partition coefficient (Wildman–Crippen LogP) is 0.977. The molecule has 1 aromatic heterocycles. The lowest BCUT2D eigenvalue weighted by Crippen LogP contribution is -2.27. The van der Waals surface area contributed by atoms with E-state index in [9.17, 15) is 4.79 Å². The van der Waals surface area contributed by atoms with E-state index in [-0.39, 0.29) is 18.7 Å². The van der Waals surface area contributed by atoms with E-state index < -0.39 is 0 Å². The van der Waals surface area contributed by atoms with E-state index in [4.69, 9.17) is 9.84 Å². The van der Waals surface area contributed by atoms with Crippen molar-refractivity contribution in [2.24, 2.45) is 0 Å². The van der Waals surface area contributed by atoms with Gasteiger partial charge in [-0.3, -0.25) is 4.79 Å². The number of rotatable bonds is 5. The molecule has 1 heterocycles. The first-order valence-electron chi connectivity index (χ1n) is 6.31. The maximum atomic E-state index is 12.0. The van der Waals surface area contributed by atoms with Crippen LogP contribution in [0.3, 0.4) is 0 Å². The SMILES string of the molecule is COC1CCC(Nc2cnn(CCO)c(=O)c2Br)C1. The lowest BCUT2D eigenvalue weighted by atomic mass is 10.2. The highest BCUT2D eigenvalue weighted by atomic mass is 79.9. The van der Waals surface area contributed by atoms with Gasteiger partial charge in [-0.15, -0.1) is 0 Å². The van der Waals surface area contributed by atoms with Crippen LogP contribution in [0.2, 0.25) is 0 Å². The van der Waals surface area contributed by atoms with E-state index in [0.717, 1.165) is 19.3 Å². The molecule has 0 aliphatic heterocycles. The van der Waals surface area contributed by atoms with Crippen molar-refractivity contribution in [3.8, 4) is 0 Å². The van der Waals surface area contributed by atoms with E-state index >= 15 is 0 Å². The smallest absolute Gasteiger partial charge is 0.283 e. The fourth-order valence-corrected chi connectivity index (χ4v) is 2.75. The normalized spacial score (nSPS) is 22.7. The summed E-state index contributed by atoms with van der Waals surface area (Å²) in [5.41, 5.74) is 0.460. The zero-order valence-corrected chi connectivity index (χ0v) is 12.4. The van der Waals surface area contributed by atoms with Crippen LogP contribution >= 0.6 is 15.9 Å². The number of nitrogens with one attached hydrogen (secondary N) is 1. The molecule has 106 valence electrons. The standard InChI is InChI=1S/C12H18BrN3O3/c1-19-9-3-2-8(6-9)15-10-7-14-16(4-5-17)12(18)11(10)13/h7-9,15,17H,2-6H2,1H3. The third-order valence-corrected chi connectivity index (χ3v) is 4.14. The molecule has 0 aromatic carbocycles. The minimum atomic E-state index is -0.236. The fourth-order valence-electron chi connectivity index (χ4n) is 2.32. The van der Waals surface area contributed by atoms with Gasteiger partial charge in [0.2, 0.25) is 0 Å². The number of ether oxygens (including phenoxy) is 1. The van der Waals surface area contributed by atoms with Crippen LogP contribution in [-0.2, 0) is 11.3 Å². The van der Waals surface area contributed by atoms with Gasteiger partial charge >= 0.3 is 0 Å². The van der Waals surface area contributed by atoms with E-state index in [0.29, 0.717) is 22.3 Å². The summed E-state index contributed by atoms with van der Waals surface area (Å²) in [5, 5.41) is 16.2. The van der Waals surface area contributed by atoms with E-state index in [1.807, 2.05) is 0 Å². The Balaban J connectivity index is 2.09. The maximum absolute atomic E-state index is 12.0. The molecule has 6 nitrogen and oxygen atoms in total. The summed E-state index contributed by atoms with van der Waals surface area (Å²) in [5.74, 6) is 0. The van der Waals surface area contributed by atoms with Crippen LogP contribution in [0.25, 0.3) is 0 Å². The zero-order valence-electron chi connectivity index (χ0n) is 10.8. The van der Waals surface area contributed by atoms with Gasteiger partial charge in [-0.1, -0.05) is 0 Å². The van der Waals surface area contributed by atoms with Crippen LogP contribution in [0.5, 0.6) is 0 Å². The molecule has 0 saturated heterocycles. The van der Waals surface area contributed by atoms with Crippen molar-refractivity contribution in [2.75, 3.05) is 19.0 Å². The predicted molar refractivity (Wildman–Crippen MR) is 75.3 cm³/mol. The Hall–Kier alpha value is -0.920. The van der Waals surface area contributed by atoms with Crippen LogP contribution in [0, 0.1) is 0 Å². The van der Waals surface area contributed by atoms with Gasteiger partial charge in [0.1, 0.15) is 4.47 Å². The summed E-state index contributed by atoms with van der Waals surface area (Å²) in [6.45, 7) is 0.0944. The summed E-state index contributed by atoms with van der Waals surface area (Å²) < 4.78 is 7.02. The number of halogens is 1. The van der Waals surface area contributed by atoms with Gasteiger partial charge in [0.05, 0.1) is 31.1 Å². The molecule has 1 fully saturated rings. The number of aromatic nitrogens is 2. The van der Waals surface area contributed by atoms with Crippen molar-refractivity contribution in [3.05, 3.63) is 21.0 Å². The first-order valence-corrected chi connectivity index (χ1v) is 7.10. The molecule has 1 aliphatic rings. The second-order valence-electron chi connectivity index (χ2n) is 4.64. The summed E-state index contributed by atoms with van der Waals surface area (Å²) >= 11 is 3.29. The largest absolute Gasteiger partial charge is 0.394 e. The molecule has 2 unspecified atom stereocenters. The highest BCUT2D eigenvalue weighted by Gasteiger charge is 2.25. The molecule has 2 rings (SSSR count). The zero-order chi connectivity index (χ0) is 13.8. The Bertz CT molecular complexity index is 492. The Morgan fingerprint density at radius 1 is 1.63 bits per heavy atom. The van der Waals surface area contributed by atoms with Crippen molar-refractivity contribution in [2.45, 2.75) is 38.0 Å². The van der Waals surface area contributed by atoms with E-state index in [2.05, 4.69) is 26.3 Å². The van der Waals surface area contributed by atoms with Crippen LogP contribution in [0.1, 0.15) is 19.3 Å². The number of hydrogen-bond donors (Lipinski definition) is 2. The summed E-state index contributed by atoms with van der Waals surface area (Å²) in [7, 11) is 1.72. The van der Waals surface area contributed by atoms with E-state index in [1.165, 1.54) is 4.68 Å². The number of hydrogen-bond acceptors (Lipinski definition) is 5. The van der Waals surface area contributed by atoms with Crippen molar-refractivity contribution in [1.82, 2.24) is 9.78 Å². The van der Waals surface area contributed by atoms with Gasteiger partial charge in [-0.2, -0.15) is 5.10 Å². The second-order valence-corrected chi connectivity index (χ2v) is 5.43. The molecule has 1 aromatic rings. The molecular formula is C12H18BrN3O3. The van der Waals surface area contributed by atoms with Crippen LogP contribution in [-0.4, -0.2) is 40.7 Å². The van der Waals surface area contributed by atoms with E-state index in [1.54, 1.807) is 13.3 Å². The number of aliphatic hydroxyl groups excluding tert-OH is 1. The van der Waals surface area contributed by atoms with Gasteiger partial charge in [-0.05, 0) is 35.2 Å². The van der Waals surface area contributed by atoms with Crippen molar-refractivity contribution >= 4 is 21.6 Å². The second kappa shape index (κ2) is 6.49. The summed E-state index contributed by atoms with van der Waals surface area (Å²) in [6, 6.07) is 0.302.